The molecule has 0 aliphatic rings. The topological polar surface area (TPSA) is 132 Å². The smallest absolute Gasteiger partial charge is 0.311 e. The lowest BCUT2D eigenvalue weighted by molar-refractivity contribution is -0.385. The Hall–Kier alpha value is -3.92. The van der Waals surface area contributed by atoms with Crippen LogP contribution in [-0.4, -0.2) is 33.4 Å². The van der Waals surface area contributed by atoms with Crippen molar-refractivity contribution in [1.29, 1.82) is 0 Å². The van der Waals surface area contributed by atoms with E-state index in [-0.39, 0.29) is 35.0 Å². The minimum atomic E-state index is -0.627. The number of carbonyl (C=O) groups excluding carboxylic acids is 1. The molecule has 2 N–H and O–H groups in total. The summed E-state index contributed by atoms with van der Waals surface area (Å²) in [6.45, 7) is 2.96. The van der Waals surface area contributed by atoms with Gasteiger partial charge in [-0.25, -0.2) is 10.1 Å². The van der Waals surface area contributed by atoms with Crippen molar-refractivity contribution >= 4 is 30.2 Å². The fourth-order valence-electron chi connectivity index (χ4n) is 2.71. The molecule has 10 nitrogen and oxygen atoms in total. The number of amides is 1. The molecule has 0 unspecified atom stereocenters. The number of aryl methyl sites for hydroxylation is 2. The first-order chi connectivity index (χ1) is 14.4. The standard InChI is InChI=1S/C20H19N5O5.ClH/c1-13-8-9-18(17(10-13)25(28)29)30-12-19(26)22-21-11-16-14(2)23-24(20(16)27)15-6-4-3-5-7-15;/h3-11,23H,12H2,1-2H3,(H,22,26);1H/b21-11+;. The van der Waals surface area contributed by atoms with Crippen molar-refractivity contribution in [3.05, 3.63) is 85.8 Å². The molecule has 0 saturated carbocycles. The zero-order valence-electron chi connectivity index (χ0n) is 16.7. The number of aromatic amines is 1. The van der Waals surface area contributed by atoms with Gasteiger partial charge in [-0.1, -0.05) is 24.3 Å². The summed E-state index contributed by atoms with van der Waals surface area (Å²) in [6.07, 6.45) is 1.24. The van der Waals surface area contributed by atoms with E-state index in [2.05, 4.69) is 15.6 Å². The molecule has 1 heterocycles. The zero-order chi connectivity index (χ0) is 21.7. The van der Waals surface area contributed by atoms with E-state index in [1.54, 1.807) is 32.0 Å². The Labute approximate surface area is 183 Å². The van der Waals surface area contributed by atoms with Crippen LogP contribution < -0.4 is 15.7 Å². The van der Waals surface area contributed by atoms with Crippen LogP contribution in [0.4, 0.5) is 5.69 Å². The highest BCUT2D eigenvalue weighted by Gasteiger charge is 2.16. The van der Waals surface area contributed by atoms with Gasteiger partial charge in [0.2, 0.25) is 0 Å². The lowest BCUT2D eigenvalue weighted by Gasteiger charge is -2.06. The molecule has 1 aromatic heterocycles. The lowest BCUT2D eigenvalue weighted by Crippen LogP contribution is -2.25. The maximum Gasteiger partial charge on any atom is 0.311 e. The minimum Gasteiger partial charge on any atom is -0.477 e. The molecule has 0 bridgehead atoms. The van der Waals surface area contributed by atoms with Crippen LogP contribution in [0.5, 0.6) is 5.75 Å². The van der Waals surface area contributed by atoms with E-state index in [9.17, 15) is 19.7 Å². The second-order valence-electron chi connectivity index (χ2n) is 6.44. The van der Waals surface area contributed by atoms with Crippen molar-refractivity contribution in [2.24, 2.45) is 5.10 Å². The van der Waals surface area contributed by atoms with Crippen LogP contribution in [0.15, 0.2) is 58.4 Å². The van der Waals surface area contributed by atoms with E-state index < -0.39 is 17.4 Å². The van der Waals surface area contributed by atoms with Crippen molar-refractivity contribution in [3.8, 4) is 11.4 Å². The van der Waals surface area contributed by atoms with Crippen molar-refractivity contribution < 1.29 is 14.5 Å². The Balaban J connectivity index is 0.00000341. The Morgan fingerprint density at radius 3 is 2.65 bits per heavy atom. The molecule has 3 rings (SSSR count). The number of H-pyrrole nitrogens is 1. The molecular weight excluding hydrogens is 426 g/mol. The number of nitrogens with one attached hydrogen (secondary N) is 2. The summed E-state index contributed by atoms with van der Waals surface area (Å²) in [7, 11) is 0. The molecule has 11 heteroatoms. The molecule has 1 amide bonds. The molecule has 162 valence electrons. The summed E-state index contributed by atoms with van der Waals surface area (Å²) < 4.78 is 6.60. The first-order valence-electron chi connectivity index (χ1n) is 8.93. The van der Waals surface area contributed by atoms with Crippen LogP contribution in [0.1, 0.15) is 16.8 Å². The van der Waals surface area contributed by atoms with Gasteiger partial charge in [-0.15, -0.1) is 12.4 Å². The largest absolute Gasteiger partial charge is 0.477 e. The maximum absolute atomic E-state index is 12.5. The van der Waals surface area contributed by atoms with Crippen LogP contribution in [-0.2, 0) is 4.79 Å². The van der Waals surface area contributed by atoms with Crippen LogP contribution in [0.25, 0.3) is 5.69 Å². The number of nitro benzene ring substituents is 1. The first kappa shape index (κ1) is 23.4. The van der Waals surface area contributed by atoms with Crippen molar-refractivity contribution in [3.63, 3.8) is 0 Å². The second kappa shape index (κ2) is 10.2. The fraction of sp³-hybridized carbons (Fsp3) is 0.150. The van der Waals surface area contributed by atoms with E-state index >= 15 is 0 Å². The van der Waals surface area contributed by atoms with Crippen molar-refractivity contribution in [2.75, 3.05) is 6.61 Å². The Bertz CT molecular complexity index is 1170. The van der Waals surface area contributed by atoms with E-state index in [1.165, 1.54) is 23.0 Å². The third-order valence-electron chi connectivity index (χ3n) is 4.18. The number of hydrogen-bond acceptors (Lipinski definition) is 6. The first-order valence-corrected chi connectivity index (χ1v) is 8.93. The van der Waals surface area contributed by atoms with E-state index in [4.69, 9.17) is 4.74 Å². The number of nitrogens with zero attached hydrogens (tertiary/aromatic N) is 3. The van der Waals surface area contributed by atoms with Gasteiger partial charge >= 0.3 is 5.69 Å². The summed E-state index contributed by atoms with van der Waals surface area (Å²) in [6, 6.07) is 13.5. The molecule has 0 spiro atoms. The quantitative estimate of drug-likeness (QED) is 0.328. The Kier molecular flexibility index (Phi) is 7.70. The number of nitro groups is 1. The molecule has 0 atom stereocenters. The minimum absolute atomic E-state index is 0. The van der Waals surface area contributed by atoms with Crippen LogP contribution in [0.2, 0.25) is 0 Å². The van der Waals surface area contributed by atoms with Crippen molar-refractivity contribution in [2.45, 2.75) is 13.8 Å². The third-order valence-corrected chi connectivity index (χ3v) is 4.18. The maximum atomic E-state index is 12.5. The molecule has 0 saturated heterocycles. The predicted octanol–water partition coefficient (Wildman–Crippen LogP) is 2.64. The summed E-state index contributed by atoms with van der Waals surface area (Å²) >= 11 is 0. The number of rotatable bonds is 7. The van der Waals surface area contributed by atoms with E-state index in [1.807, 2.05) is 18.2 Å². The molecule has 3 aromatic rings. The van der Waals surface area contributed by atoms with Crippen LogP contribution >= 0.6 is 12.4 Å². The van der Waals surface area contributed by atoms with Crippen molar-refractivity contribution in [1.82, 2.24) is 15.2 Å². The second-order valence-corrected chi connectivity index (χ2v) is 6.44. The van der Waals surface area contributed by atoms with Gasteiger partial charge in [0.1, 0.15) is 0 Å². The van der Waals surface area contributed by atoms with E-state index in [0.29, 0.717) is 16.9 Å². The van der Waals surface area contributed by atoms with Gasteiger partial charge in [0, 0.05) is 11.8 Å². The molecule has 31 heavy (non-hydrogen) atoms. The molecule has 0 fully saturated rings. The molecule has 0 aliphatic heterocycles. The number of para-hydroxylation sites is 1. The van der Waals surface area contributed by atoms with Crippen LogP contribution in [0.3, 0.4) is 0 Å². The molecular formula is C20H20ClN5O5. The highest BCUT2D eigenvalue weighted by molar-refractivity contribution is 5.85. The number of benzene rings is 2. The summed E-state index contributed by atoms with van der Waals surface area (Å²) in [5.41, 5.74) is 3.93. The normalized spacial score (nSPS) is 10.5. The molecule has 2 aromatic carbocycles. The summed E-state index contributed by atoms with van der Waals surface area (Å²) in [5.74, 6) is -0.644. The third kappa shape index (κ3) is 5.58. The number of aromatic nitrogens is 2. The summed E-state index contributed by atoms with van der Waals surface area (Å²) in [5, 5.41) is 17.8. The average Bonchev–Trinajstić information content (AvgIpc) is 3.01. The zero-order valence-corrected chi connectivity index (χ0v) is 17.5. The number of hydrazone groups is 1. The lowest BCUT2D eigenvalue weighted by atomic mass is 10.2. The van der Waals surface area contributed by atoms with Gasteiger partial charge in [-0.05, 0) is 37.6 Å². The van der Waals surface area contributed by atoms with Gasteiger partial charge in [-0.3, -0.25) is 24.8 Å². The average molecular weight is 446 g/mol. The fourth-order valence-corrected chi connectivity index (χ4v) is 2.71. The van der Waals surface area contributed by atoms with E-state index in [0.717, 1.165) is 0 Å². The highest BCUT2D eigenvalue weighted by Crippen LogP contribution is 2.27. The Morgan fingerprint density at radius 2 is 1.97 bits per heavy atom. The number of carbonyl (C=O) groups is 1. The number of halogens is 1. The van der Waals surface area contributed by atoms with Crippen LogP contribution in [0, 0.1) is 24.0 Å². The van der Waals surface area contributed by atoms with Gasteiger partial charge in [0.05, 0.1) is 22.4 Å². The monoisotopic (exact) mass is 445 g/mol. The number of ether oxygens (including phenoxy) is 1. The number of hydrogen-bond donors (Lipinski definition) is 2. The predicted molar refractivity (Wildman–Crippen MR) is 117 cm³/mol. The molecule has 0 radical (unpaired) electrons. The SMILES string of the molecule is Cc1ccc(OCC(=O)N/N=C/c2c(C)[nH]n(-c3ccccc3)c2=O)c([N+](=O)[O-])c1.Cl. The van der Waals surface area contributed by atoms with Gasteiger partial charge in [-0.2, -0.15) is 5.10 Å². The molecule has 0 aliphatic carbocycles. The van der Waals surface area contributed by atoms with Gasteiger partial charge < -0.3 is 4.74 Å². The van der Waals surface area contributed by atoms with Gasteiger partial charge in [0.25, 0.3) is 11.5 Å². The highest BCUT2D eigenvalue weighted by atomic mass is 35.5. The summed E-state index contributed by atoms with van der Waals surface area (Å²) in [4.78, 5) is 35.0. The van der Waals surface area contributed by atoms with Gasteiger partial charge in [0.15, 0.2) is 12.4 Å². The Morgan fingerprint density at radius 1 is 1.26 bits per heavy atom.